The number of carbonyl (C=O) groups excluding carboxylic acids is 1. The highest BCUT2D eigenvalue weighted by atomic mass is 35.5. The Morgan fingerprint density at radius 2 is 2.05 bits per heavy atom. The number of ether oxygens (including phenoxy) is 1. The second kappa shape index (κ2) is 6.27. The molecular formula is C15H12ClNO3. The molecule has 0 fully saturated rings. The molecule has 0 amide bonds. The molecule has 1 aromatic heterocycles. The van der Waals surface area contributed by atoms with Gasteiger partial charge in [0.1, 0.15) is 11.7 Å². The molecule has 0 aliphatic rings. The number of ketones is 1. The molecule has 2 rings (SSSR count). The van der Waals surface area contributed by atoms with Crippen molar-refractivity contribution in [1.82, 2.24) is 0 Å². The summed E-state index contributed by atoms with van der Waals surface area (Å²) in [5, 5.41) is 9.34. The van der Waals surface area contributed by atoms with Gasteiger partial charge in [0.2, 0.25) is 5.78 Å². The average Bonchev–Trinajstić information content (AvgIpc) is 2.88. The van der Waals surface area contributed by atoms with E-state index in [1.165, 1.54) is 12.1 Å². The van der Waals surface area contributed by atoms with Crippen LogP contribution in [0.4, 0.5) is 0 Å². The Morgan fingerprint density at radius 1 is 1.35 bits per heavy atom. The Labute approximate surface area is 121 Å². The van der Waals surface area contributed by atoms with Crippen molar-refractivity contribution in [3.8, 4) is 11.8 Å². The predicted octanol–water partition coefficient (Wildman–Crippen LogP) is 3.82. The SMILES string of the molecule is CCOc1ccc(C(C#N)C(=O)c2ccc(Cl)o2)cc1. The number of benzene rings is 1. The van der Waals surface area contributed by atoms with Gasteiger partial charge in [-0.2, -0.15) is 5.26 Å². The third kappa shape index (κ3) is 3.01. The molecule has 2 aromatic rings. The van der Waals surface area contributed by atoms with Crippen molar-refractivity contribution in [2.75, 3.05) is 6.61 Å². The van der Waals surface area contributed by atoms with Crippen molar-refractivity contribution >= 4 is 17.4 Å². The number of halogens is 1. The summed E-state index contributed by atoms with van der Waals surface area (Å²) in [6.07, 6.45) is 0. The van der Waals surface area contributed by atoms with Crippen LogP contribution in [0.1, 0.15) is 29.0 Å². The van der Waals surface area contributed by atoms with Crippen molar-refractivity contribution in [3.63, 3.8) is 0 Å². The van der Waals surface area contributed by atoms with Crippen LogP contribution in [-0.4, -0.2) is 12.4 Å². The van der Waals surface area contributed by atoms with Gasteiger partial charge in [0, 0.05) is 0 Å². The van der Waals surface area contributed by atoms with E-state index in [4.69, 9.17) is 20.8 Å². The maximum Gasteiger partial charge on any atom is 0.219 e. The minimum atomic E-state index is -0.923. The van der Waals surface area contributed by atoms with E-state index in [2.05, 4.69) is 0 Å². The van der Waals surface area contributed by atoms with Gasteiger partial charge < -0.3 is 9.15 Å². The topological polar surface area (TPSA) is 63.2 Å². The number of furan rings is 1. The summed E-state index contributed by atoms with van der Waals surface area (Å²) in [6, 6.07) is 11.8. The summed E-state index contributed by atoms with van der Waals surface area (Å²) in [5.41, 5.74) is 0.591. The fraction of sp³-hybridized carbons (Fsp3) is 0.200. The average molecular weight is 290 g/mol. The summed E-state index contributed by atoms with van der Waals surface area (Å²) < 4.78 is 10.4. The molecule has 0 N–H and O–H groups in total. The van der Waals surface area contributed by atoms with Gasteiger partial charge in [-0.3, -0.25) is 4.79 Å². The van der Waals surface area contributed by atoms with E-state index >= 15 is 0 Å². The molecule has 0 radical (unpaired) electrons. The Bertz CT molecular complexity index is 640. The Morgan fingerprint density at radius 3 is 2.55 bits per heavy atom. The van der Waals surface area contributed by atoms with E-state index in [9.17, 15) is 10.1 Å². The zero-order chi connectivity index (χ0) is 14.5. The number of hydrogen-bond acceptors (Lipinski definition) is 4. The molecule has 1 aromatic carbocycles. The minimum Gasteiger partial charge on any atom is -0.494 e. The maximum absolute atomic E-state index is 12.2. The van der Waals surface area contributed by atoms with Crippen LogP contribution in [0.15, 0.2) is 40.8 Å². The molecule has 1 heterocycles. The van der Waals surface area contributed by atoms with E-state index in [-0.39, 0.29) is 11.0 Å². The van der Waals surface area contributed by atoms with Gasteiger partial charge in [-0.05, 0) is 48.4 Å². The zero-order valence-corrected chi connectivity index (χ0v) is 11.6. The molecule has 20 heavy (non-hydrogen) atoms. The first-order chi connectivity index (χ1) is 9.65. The highest BCUT2D eigenvalue weighted by molar-refractivity contribution is 6.29. The van der Waals surface area contributed by atoms with Gasteiger partial charge in [0.25, 0.3) is 0 Å². The second-order valence-corrected chi connectivity index (χ2v) is 4.40. The van der Waals surface area contributed by atoms with Gasteiger partial charge in [-0.1, -0.05) is 12.1 Å². The normalized spacial score (nSPS) is 11.7. The first-order valence-corrected chi connectivity index (χ1v) is 6.45. The van der Waals surface area contributed by atoms with Gasteiger partial charge in [0.05, 0.1) is 12.7 Å². The molecule has 0 aliphatic heterocycles. The summed E-state index contributed by atoms with van der Waals surface area (Å²) in [6.45, 7) is 2.45. The summed E-state index contributed by atoms with van der Waals surface area (Å²) in [7, 11) is 0. The monoisotopic (exact) mass is 289 g/mol. The molecule has 0 spiro atoms. The van der Waals surface area contributed by atoms with Crippen LogP contribution < -0.4 is 4.74 Å². The van der Waals surface area contributed by atoms with Gasteiger partial charge in [-0.25, -0.2) is 0 Å². The minimum absolute atomic E-state index is 0.0791. The molecule has 0 saturated heterocycles. The van der Waals surface area contributed by atoms with E-state index < -0.39 is 11.7 Å². The van der Waals surface area contributed by atoms with Crippen molar-refractivity contribution in [2.24, 2.45) is 0 Å². The lowest BCUT2D eigenvalue weighted by molar-refractivity contribution is 0.0952. The second-order valence-electron chi connectivity index (χ2n) is 4.03. The van der Waals surface area contributed by atoms with Gasteiger partial charge in [0.15, 0.2) is 11.0 Å². The lowest BCUT2D eigenvalue weighted by Gasteiger charge is -2.08. The van der Waals surface area contributed by atoms with E-state index in [1.54, 1.807) is 24.3 Å². The quantitative estimate of drug-likeness (QED) is 0.785. The molecule has 102 valence electrons. The molecule has 1 atom stereocenters. The molecule has 0 bridgehead atoms. The van der Waals surface area contributed by atoms with Crippen LogP contribution in [-0.2, 0) is 0 Å². The van der Waals surface area contributed by atoms with Crippen LogP contribution >= 0.6 is 11.6 Å². The van der Waals surface area contributed by atoms with Crippen molar-refractivity contribution in [3.05, 3.63) is 52.9 Å². The van der Waals surface area contributed by atoms with Crippen LogP contribution in [0.25, 0.3) is 0 Å². The predicted molar refractivity (Wildman–Crippen MR) is 74.0 cm³/mol. The molecule has 5 heteroatoms. The van der Waals surface area contributed by atoms with Crippen molar-refractivity contribution in [2.45, 2.75) is 12.8 Å². The lowest BCUT2D eigenvalue weighted by Crippen LogP contribution is -2.10. The number of nitrogens with zero attached hydrogens (tertiary/aromatic N) is 1. The maximum atomic E-state index is 12.2. The largest absolute Gasteiger partial charge is 0.494 e. The van der Waals surface area contributed by atoms with Crippen LogP contribution in [0.5, 0.6) is 5.75 Å². The fourth-order valence-corrected chi connectivity index (χ4v) is 1.94. The van der Waals surface area contributed by atoms with Crippen molar-refractivity contribution in [1.29, 1.82) is 5.26 Å². The van der Waals surface area contributed by atoms with E-state index in [0.29, 0.717) is 17.9 Å². The first-order valence-electron chi connectivity index (χ1n) is 6.07. The van der Waals surface area contributed by atoms with Gasteiger partial charge in [-0.15, -0.1) is 0 Å². The first kappa shape index (κ1) is 14.2. The highest BCUT2D eigenvalue weighted by Gasteiger charge is 2.24. The van der Waals surface area contributed by atoms with E-state index in [0.717, 1.165) is 0 Å². The molecule has 0 aliphatic carbocycles. The van der Waals surface area contributed by atoms with Crippen molar-refractivity contribution < 1.29 is 13.9 Å². The van der Waals surface area contributed by atoms with Gasteiger partial charge >= 0.3 is 0 Å². The van der Waals surface area contributed by atoms with Crippen LogP contribution in [0.3, 0.4) is 0 Å². The van der Waals surface area contributed by atoms with Crippen LogP contribution in [0, 0.1) is 11.3 Å². The van der Waals surface area contributed by atoms with E-state index in [1.807, 2.05) is 13.0 Å². The Kier molecular flexibility index (Phi) is 4.44. The number of nitriles is 1. The Hall–Kier alpha value is -2.25. The fourth-order valence-electron chi connectivity index (χ4n) is 1.80. The number of hydrogen-bond donors (Lipinski definition) is 0. The zero-order valence-electron chi connectivity index (χ0n) is 10.8. The summed E-state index contributed by atoms with van der Waals surface area (Å²) >= 11 is 5.64. The molecule has 0 saturated carbocycles. The number of carbonyl (C=O) groups is 1. The third-order valence-corrected chi connectivity index (χ3v) is 2.93. The standard InChI is InChI=1S/C15H12ClNO3/c1-2-19-11-5-3-10(4-6-11)12(9-17)15(18)13-7-8-14(16)20-13/h3-8,12H,2H2,1H3. The lowest BCUT2D eigenvalue weighted by atomic mass is 9.95. The molecule has 4 nitrogen and oxygen atoms in total. The summed E-state index contributed by atoms with van der Waals surface area (Å²) in [5.74, 6) is -0.562. The smallest absolute Gasteiger partial charge is 0.219 e. The third-order valence-electron chi connectivity index (χ3n) is 2.73. The highest BCUT2D eigenvalue weighted by Crippen LogP contribution is 2.25. The number of Topliss-reactive ketones (excluding diaryl/α,β-unsaturated/α-hetero) is 1. The van der Waals surface area contributed by atoms with Crippen LogP contribution in [0.2, 0.25) is 5.22 Å². The molecule has 1 unspecified atom stereocenters. The number of rotatable bonds is 5. The molecular weight excluding hydrogens is 278 g/mol. The summed E-state index contributed by atoms with van der Waals surface area (Å²) in [4.78, 5) is 12.2. The Balaban J connectivity index is 2.24.